The second-order valence-electron chi connectivity index (χ2n) is 5.24. The molecule has 6 heteroatoms. The zero-order valence-corrected chi connectivity index (χ0v) is 12.9. The standard InChI is InChI=1S/C15H15BrN4O/c16-12-4-2-11(3-5-12)15(6-1-7-15)14(17)20-13(21)10-8-18-19-9-10/h2-5,8-9H,1,6-7H2,(H,18,19)(H2,17,20,21)/p+1. The van der Waals surface area contributed by atoms with Gasteiger partial charge in [0.05, 0.1) is 11.6 Å². The Labute approximate surface area is 130 Å². The van der Waals surface area contributed by atoms with Crippen molar-refractivity contribution in [1.29, 1.82) is 5.41 Å². The second kappa shape index (κ2) is 5.44. The van der Waals surface area contributed by atoms with E-state index in [1.54, 1.807) is 12.4 Å². The maximum Gasteiger partial charge on any atom is 0.369 e. The van der Waals surface area contributed by atoms with E-state index in [0.29, 0.717) is 5.56 Å². The number of hydrogen-bond donors (Lipinski definition) is 2. The first kappa shape index (κ1) is 14.0. The van der Waals surface area contributed by atoms with Gasteiger partial charge in [0.15, 0.2) is 0 Å². The number of nitrogens with zero attached hydrogens (tertiary/aromatic N) is 2. The van der Waals surface area contributed by atoms with Gasteiger partial charge in [0, 0.05) is 10.7 Å². The van der Waals surface area contributed by atoms with Gasteiger partial charge in [-0.15, -0.1) is 4.99 Å². The molecule has 3 rings (SSSR count). The molecule has 0 amide bonds. The predicted molar refractivity (Wildman–Crippen MR) is 86.1 cm³/mol. The molecule has 0 spiro atoms. The average molecular weight is 348 g/mol. The Kier molecular flexibility index (Phi) is 3.63. The average Bonchev–Trinajstić information content (AvgIpc) is 2.93. The maximum atomic E-state index is 8.37. The summed E-state index contributed by atoms with van der Waals surface area (Å²) in [6.45, 7) is 0. The fourth-order valence-electron chi connectivity index (χ4n) is 2.63. The van der Waals surface area contributed by atoms with Gasteiger partial charge in [0.2, 0.25) is 0 Å². The van der Waals surface area contributed by atoms with Crippen molar-refractivity contribution in [3.05, 3.63) is 52.3 Å². The summed E-state index contributed by atoms with van der Waals surface area (Å²) in [6, 6.07) is 8.05. The fraction of sp³-hybridized carbons (Fsp3) is 0.267. The molecular formula is C15H16BrN4O+. The van der Waals surface area contributed by atoms with Gasteiger partial charge in [0.25, 0.3) is 0 Å². The molecule has 1 aromatic carbocycles. The lowest BCUT2D eigenvalue weighted by molar-refractivity contribution is 0.336. The number of hydrogen-bond acceptors (Lipinski definition) is 2. The number of aromatic nitrogens is 2. The molecule has 1 heterocycles. The summed E-state index contributed by atoms with van der Waals surface area (Å²) in [7, 11) is 0. The minimum absolute atomic E-state index is 0.0807. The van der Waals surface area contributed by atoms with Crippen LogP contribution in [0.15, 0.2) is 46.1 Å². The smallest absolute Gasteiger partial charge is 0.369 e. The molecule has 4 N–H and O–H groups in total. The molecule has 5 nitrogen and oxygen atoms in total. The van der Waals surface area contributed by atoms with Crippen LogP contribution in [0.4, 0.5) is 0 Å². The van der Waals surface area contributed by atoms with Crippen molar-refractivity contribution in [2.24, 2.45) is 4.99 Å². The first-order chi connectivity index (χ1) is 10.1. The van der Waals surface area contributed by atoms with Gasteiger partial charge >= 0.3 is 5.90 Å². The highest BCUT2D eigenvalue weighted by atomic mass is 79.9. The summed E-state index contributed by atoms with van der Waals surface area (Å²) in [5, 5.41) is 22.8. The predicted octanol–water partition coefficient (Wildman–Crippen LogP) is 2.74. The highest BCUT2D eigenvalue weighted by Gasteiger charge is 2.43. The number of H-pyrrole nitrogens is 1. The summed E-state index contributed by atoms with van der Waals surface area (Å²) in [4.78, 5) is 4.21. The van der Waals surface area contributed by atoms with Crippen molar-refractivity contribution in [2.75, 3.05) is 0 Å². The van der Waals surface area contributed by atoms with Crippen LogP contribution in [0.5, 0.6) is 0 Å². The molecule has 1 fully saturated rings. The summed E-state index contributed by atoms with van der Waals surface area (Å²) >= 11 is 3.43. The summed E-state index contributed by atoms with van der Waals surface area (Å²) in [6.07, 6.45) is 6.08. The van der Waals surface area contributed by atoms with Gasteiger partial charge in [-0.25, -0.2) is 0 Å². The van der Waals surface area contributed by atoms with Gasteiger partial charge in [-0.2, -0.15) is 5.10 Å². The number of benzene rings is 1. The zero-order chi connectivity index (χ0) is 14.9. The van der Waals surface area contributed by atoms with E-state index in [0.717, 1.165) is 29.3 Å². The molecule has 0 saturated heterocycles. The van der Waals surface area contributed by atoms with E-state index in [9.17, 15) is 0 Å². The van der Waals surface area contributed by atoms with Crippen LogP contribution in [0.3, 0.4) is 0 Å². The van der Waals surface area contributed by atoms with Crippen LogP contribution in [-0.4, -0.2) is 27.0 Å². The van der Waals surface area contributed by atoms with Crippen molar-refractivity contribution in [1.82, 2.24) is 10.2 Å². The molecule has 0 aliphatic heterocycles. The molecule has 21 heavy (non-hydrogen) atoms. The Hall–Kier alpha value is -1.95. The lowest BCUT2D eigenvalue weighted by Crippen LogP contribution is -2.41. The largest absolute Gasteiger partial charge is 0.578 e. The monoisotopic (exact) mass is 347 g/mol. The van der Waals surface area contributed by atoms with Crippen LogP contribution >= 0.6 is 15.9 Å². The molecule has 1 aliphatic carbocycles. The molecule has 1 aliphatic rings. The van der Waals surface area contributed by atoms with Crippen LogP contribution in [0.2, 0.25) is 0 Å². The molecule has 0 unspecified atom stereocenters. The van der Waals surface area contributed by atoms with Crippen molar-refractivity contribution >= 4 is 27.7 Å². The number of nitrogens with one attached hydrogen (secondary N) is 2. The first-order valence-corrected chi connectivity index (χ1v) is 7.56. The Morgan fingerprint density at radius 2 is 2.05 bits per heavy atom. The third kappa shape index (κ3) is 2.51. The highest BCUT2D eigenvalue weighted by molar-refractivity contribution is 9.10. The zero-order valence-electron chi connectivity index (χ0n) is 11.4. The summed E-state index contributed by atoms with van der Waals surface area (Å²) < 4.78 is 1.02. The number of halogens is 1. The molecule has 108 valence electrons. The molecule has 0 atom stereocenters. The lowest BCUT2D eigenvalue weighted by Gasteiger charge is -2.40. The Balaban J connectivity index is 1.91. The normalized spacial score (nSPS) is 17.3. The van der Waals surface area contributed by atoms with E-state index < -0.39 is 0 Å². The summed E-state index contributed by atoms with van der Waals surface area (Å²) in [5.41, 5.74) is 1.37. The number of amidine groups is 1. The van der Waals surface area contributed by atoms with Crippen LogP contribution in [0, 0.1) is 5.41 Å². The third-order valence-corrected chi connectivity index (χ3v) is 4.58. The second-order valence-corrected chi connectivity index (χ2v) is 6.15. The van der Waals surface area contributed by atoms with Crippen LogP contribution in [-0.2, 0) is 5.41 Å². The van der Waals surface area contributed by atoms with E-state index in [2.05, 4.69) is 31.1 Å². The molecule has 1 saturated carbocycles. The molecule has 2 aromatic rings. The highest BCUT2D eigenvalue weighted by Crippen LogP contribution is 2.45. The van der Waals surface area contributed by atoms with Gasteiger partial charge < -0.3 is 5.11 Å². The molecule has 1 aromatic heterocycles. The van der Waals surface area contributed by atoms with E-state index in [-0.39, 0.29) is 17.1 Å². The van der Waals surface area contributed by atoms with Crippen molar-refractivity contribution < 1.29 is 5.11 Å². The van der Waals surface area contributed by atoms with E-state index in [1.165, 1.54) is 0 Å². The summed E-state index contributed by atoms with van der Waals surface area (Å²) in [5.74, 6) is 0.347. The Morgan fingerprint density at radius 3 is 2.57 bits per heavy atom. The molecular weight excluding hydrogens is 332 g/mol. The minimum Gasteiger partial charge on any atom is -0.578 e. The Bertz CT molecular complexity index is 672. The third-order valence-electron chi connectivity index (χ3n) is 4.05. The van der Waals surface area contributed by atoms with Crippen LogP contribution < -0.4 is 0 Å². The van der Waals surface area contributed by atoms with Crippen molar-refractivity contribution in [2.45, 2.75) is 24.7 Å². The molecule has 0 radical (unpaired) electrons. The minimum atomic E-state index is -0.337. The lowest BCUT2D eigenvalue weighted by atomic mass is 9.63. The van der Waals surface area contributed by atoms with Gasteiger partial charge in [-0.05, 0) is 30.5 Å². The quantitative estimate of drug-likeness (QED) is 0.499. The van der Waals surface area contributed by atoms with Gasteiger partial charge in [0.1, 0.15) is 11.4 Å². The maximum absolute atomic E-state index is 8.37. The fourth-order valence-corrected chi connectivity index (χ4v) is 2.89. The van der Waals surface area contributed by atoms with E-state index in [4.69, 9.17) is 10.5 Å². The number of aliphatic imine (C=N–C) groups is 1. The van der Waals surface area contributed by atoms with Crippen LogP contribution in [0.25, 0.3) is 0 Å². The van der Waals surface area contributed by atoms with Crippen molar-refractivity contribution in [3.8, 4) is 0 Å². The van der Waals surface area contributed by atoms with Crippen molar-refractivity contribution in [3.63, 3.8) is 0 Å². The van der Waals surface area contributed by atoms with E-state index >= 15 is 0 Å². The SMILES string of the molecule is N=C(N=C([OH2+])c1cn[nH]c1)C1(c2ccc(Br)cc2)CCC1. The number of aromatic amines is 1. The number of rotatable bonds is 3. The van der Waals surface area contributed by atoms with E-state index in [1.807, 2.05) is 24.3 Å². The first-order valence-electron chi connectivity index (χ1n) is 6.76. The Morgan fingerprint density at radius 1 is 1.33 bits per heavy atom. The van der Waals surface area contributed by atoms with Crippen LogP contribution in [0.1, 0.15) is 30.4 Å². The van der Waals surface area contributed by atoms with Gasteiger partial charge in [-0.1, -0.05) is 34.5 Å². The topological polar surface area (TPSA) is 87.8 Å². The molecule has 0 bridgehead atoms. The van der Waals surface area contributed by atoms with Gasteiger partial charge in [-0.3, -0.25) is 10.5 Å².